The first kappa shape index (κ1) is 14.3. The van der Waals surface area contributed by atoms with Crippen molar-refractivity contribution in [1.29, 1.82) is 0 Å². The summed E-state index contributed by atoms with van der Waals surface area (Å²) in [6.07, 6.45) is -0.179. The lowest BCUT2D eigenvalue weighted by molar-refractivity contribution is -0.876. The van der Waals surface area contributed by atoms with Gasteiger partial charge in [0.05, 0.1) is 25.8 Å². The molecule has 0 saturated carbocycles. The number of aryl methyl sites for hydroxylation is 1. The maximum Gasteiger partial charge on any atom is 0.219 e. The number of rotatable bonds is 5. The van der Waals surface area contributed by atoms with Crippen molar-refractivity contribution in [3.8, 4) is 0 Å². The number of H-pyrrole nitrogens is 1. The fourth-order valence-corrected chi connectivity index (χ4v) is 2.88. The van der Waals surface area contributed by atoms with E-state index in [4.69, 9.17) is 9.47 Å². The van der Waals surface area contributed by atoms with Crippen molar-refractivity contribution in [2.24, 2.45) is 0 Å². The van der Waals surface area contributed by atoms with Crippen molar-refractivity contribution in [3.63, 3.8) is 0 Å². The average Bonchev–Trinajstić information content (AvgIpc) is 3.04. The Labute approximate surface area is 123 Å². The molecule has 0 amide bonds. The molecule has 21 heavy (non-hydrogen) atoms. The number of nitrogens with one attached hydrogen (secondary N) is 2. The molecule has 2 N–H and O–H groups in total. The highest BCUT2D eigenvalue weighted by molar-refractivity contribution is 6.09. The van der Waals surface area contributed by atoms with Crippen LogP contribution in [0.5, 0.6) is 0 Å². The third-order valence-corrected chi connectivity index (χ3v) is 3.84. The van der Waals surface area contributed by atoms with E-state index < -0.39 is 0 Å². The molecule has 1 saturated heterocycles. The molecule has 1 aliphatic heterocycles. The van der Waals surface area contributed by atoms with E-state index in [0.29, 0.717) is 26.3 Å². The van der Waals surface area contributed by atoms with Gasteiger partial charge in [-0.15, -0.1) is 0 Å². The van der Waals surface area contributed by atoms with Crippen molar-refractivity contribution >= 4 is 16.7 Å². The number of para-hydroxylation sites is 1. The van der Waals surface area contributed by atoms with Gasteiger partial charge in [0, 0.05) is 16.6 Å². The first-order chi connectivity index (χ1) is 10.1. The molecule has 112 valence electrons. The molecule has 0 bridgehead atoms. The number of aromatic amines is 1. The van der Waals surface area contributed by atoms with Crippen LogP contribution in [0.3, 0.4) is 0 Å². The zero-order valence-electron chi connectivity index (χ0n) is 12.4. The van der Waals surface area contributed by atoms with Crippen LogP contribution in [0.1, 0.15) is 16.1 Å². The molecule has 5 nitrogen and oxygen atoms in total. The van der Waals surface area contributed by atoms with E-state index in [0.717, 1.165) is 27.1 Å². The van der Waals surface area contributed by atoms with Crippen LogP contribution in [0, 0.1) is 6.92 Å². The second kappa shape index (κ2) is 5.97. The van der Waals surface area contributed by atoms with Gasteiger partial charge in [0.25, 0.3) is 0 Å². The molecule has 1 aromatic carbocycles. The number of benzene rings is 1. The summed E-state index contributed by atoms with van der Waals surface area (Å²) in [4.78, 5) is 17.0. The van der Waals surface area contributed by atoms with Crippen molar-refractivity contribution in [2.45, 2.75) is 13.2 Å². The minimum Gasteiger partial charge on any atom is -0.358 e. The number of ether oxygens (including phenoxy) is 2. The molecule has 0 aliphatic carbocycles. The lowest BCUT2D eigenvalue weighted by Crippen LogP contribution is -3.11. The van der Waals surface area contributed by atoms with Gasteiger partial charge in [-0.05, 0) is 13.0 Å². The first-order valence-corrected chi connectivity index (χ1v) is 7.30. The largest absolute Gasteiger partial charge is 0.358 e. The number of likely N-dealkylation sites (N-methyl/N-ethyl adjacent to an activating group) is 1. The summed E-state index contributed by atoms with van der Waals surface area (Å²) >= 11 is 0. The number of carbonyl (C=O) groups excluding carboxylic acids is 1. The number of hydrogen-bond donors (Lipinski definition) is 2. The van der Waals surface area contributed by atoms with E-state index in [1.165, 1.54) is 0 Å². The molecule has 1 aliphatic rings. The van der Waals surface area contributed by atoms with E-state index in [2.05, 4.69) is 4.98 Å². The zero-order chi connectivity index (χ0) is 14.8. The zero-order valence-corrected chi connectivity index (χ0v) is 12.4. The molecule has 0 radical (unpaired) electrons. The molecule has 2 heterocycles. The molecular formula is C16H21N2O3+. The van der Waals surface area contributed by atoms with Crippen LogP contribution in [-0.4, -0.2) is 50.4 Å². The van der Waals surface area contributed by atoms with Gasteiger partial charge < -0.3 is 19.4 Å². The number of carbonyl (C=O) groups is 1. The Balaban J connectivity index is 1.73. The molecular weight excluding hydrogens is 268 g/mol. The van der Waals surface area contributed by atoms with Crippen LogP contribution < -0.4 is 4.90 Å². The predicted octanol–water partition coefficient (Wildman–Crippen LogP) is 0.547. The van der Waals surface area contributed by atoms with Gasteiger partial charge in [0.15, 0.2) is 0 Å². The van der Waals surface area contributed by atoms with E-state index in [-0.39, 0.29) is 12.1 Å². The lowest BCUT2D eigenvalue weighted by atomic mass is 10.1. The van der Waals surface area contributed by atoms with E-state index in [9.17, 15) is 4.79 Å². The van der Waals surface area contributed by atoms with Crippen LogP contribution in [0.15, 0.2) is 24.3 Å². The summed E-state index contributed by atoms with van der Waals surface area (Å²) in [5.41, 5.74) is 2.75. The van der Waals surface area contributed by atoms with Gasteiger partial charge in [0.1, 0.15) is 13.1 Å². The Kier molecular flexibility index (Phi) is 4.05. The van der Waals surface area contributed by atoms with Crippen molar-refractivity contribution in [3.05, 3.63) is 35.5 Å². The Morgan fingerprint density at radius 2 is 2.05 bits per heavy atom. The van der Waals surface area contributed by atoms with Crippen LogP contribution in [-0.2, 0) is 9.47 Å². The minimum absolute atomic E-state index is 0.153. The fourth-order valence-electron chi connectivity index (χ4n) is 2.88. The van der Waals surface area contributed by atoms with Crippen LogP contribution in [0.25, 0.3) is 10.9 Å². The molecule has 1 atom stereocenters. The highest BCUT2D eigenvalue weighted by atomic mass is 16.7. The summed E-state index contributed by atoms with van der Waals surface area (Å²) < 4.78 is 10.9. The Bertz CT molecular complexity index is 644. The maximum atomic E-state index is 12.6. The van der Waals surface area contributed by atoms with Crippen LogP contribution in [0.2, 0.25) is 0 Å². The summed E-state index contributed by atoms with van der Waals surface area (Å²) in [6, 6.07) is 7.92. The molecule has 2 aromatic rings. The molecule has 1 aromatic heterocycles. The van der Waals surface area contributed by atoms with Crippen molar-refractivity contribution < 1.29 is 19.2 Å². The maximum absolute atomic E-state index is 12.6. The summed E-state index contributed by atoms with van der Waals surface area (Å²) in [7, 11) is 1.99. The number of ketones is 1. The van der Waals surface area contributed by atoms with E-state index >= 15 is 0 Å². The fraction of sp³-hybridized carbons (Fsp3) is 0.438. The Hall–Kier alpha value is -1.69. The summed E-state index contributed by atoms with van der Waals surface area (Å²) in [5, 5.41) is 1.00. The van der Waals surface area contributed by atoms with Crippen molar-refractivity contribution in [2.75, 3.05) is 33.4 Å². The topological polar surface area (TPSA) is 55.8 Å². The van der Waals surface area contributed by atoms with Crippen LogP contribution >= 0.6 is 0 Å². The van der Waals surface area contributed by atoms with Gasteiger partial charge in [0.2, 0.25) is 12.1 Å². The van der Waals surface area contributed by atoms with Gasteiger partial charge in [-0.2, -0.15) is 0 Å². The smallest absolute Gasteiger partial charge is 0.219 e. The standard InChI is InChI=1S/C16H20N2O3/c1-11-16(12-5-3-4-6-13(12)17-11)14(19)9-18(2)10-15-20-7-8-21-15/h3-6,15,17H,7-10H2,1-2H3/p+1. The first-order valence-electron chi connectivity index (χ1n) is 7.30. The van der Waals surface area contributed by atoms with Gasteiger partial charge in [-0.25, -0.2) is 0 Å². The van der Waals surface area contributed by atoms with Gasteiger partial charge in [-0.1, -0.05) is 18.2 Å². The minimum atomic E-state index is -0.179. The molecule has 5 heteroatoms. The monoisotopic (exact) mass is 289 g/mol. The van der Waals surface area contributed by atoms with Gasteiger partial charge >= 0.3 is 0 Å². The number of quaternary nitrogens is 1. The van der Waals surface area contributed by atoms with Crippen LogP contribution in [0.4, 0.5) is 0 Å². The number of hydrogen-bond acceptors (Lipinski definition) is 3. The highest BCUT2D eigenvalue weighted by Crippen LogP contribution is 2.21. The highest BCUT2D eigenvalue weighted by Gasteiger charge is 2.24. The predicted molar refractivity (Wildman–Crippen MR) is 79.7 cm³/mol. The summed E-state index contributed by atoms with van der Waals surface area (Å²) in [6.45, 7) is 4.37. The lowest BCUT2D eigenvalue weighted by Gasteiger charge is -2.16. The normalized spacial score (nSPS) is 17.4. The molecule has 3 rings (SSSR count). The number of aromatic nitrogens is 1. The third-order valence-electron chi connectivity index (χ3n) is 3.84. The SMILES string of the molecule is Cc1[nH]c2ccccc2c1C(=O)C[NH+](C)CC1OCCO1. The quantitative estimate of drug-likeness (QED) is 0.790. The third kappa shape index (κ3) is 3.00. The van der Waals surface area contributed by atoms with Gasteiger partial charge in [-0.3, -0.25) is 4.79 Å². The second-order valence-electron chi connectivity index (χ2n) is 5.60. The van der Waals surface area contributed by atoms with Crippen molar-refractivity contribution in [1.82, 2.24) is 4.98 Å². The average molecular weight is 289 g/mol. The Morgan fingerprint density at radius 3 is 2.81 bits per heavy atom. The second-order valence-corrected chi connectivity index (χ2v) is 5.60. The molecule has 0 spiro atoms. The van der Waals surface area contributed by atoms with E-state index in [1.54, 1.807) is 0 Å². The summed E-state index contributed by atoms with van der Waals surface area (Å²) in [5.74, 6) is 0.153. The number of fused-ring (bicyclic) bond motifs is 1. The Morgan fingerprint density at radius 1 is 1.33 bits per heavy atom. The molecule has 1 unspecified atom stereocenters. The van der Waals surface area contributed by atoms with E-state index in [1.807, 2.05) is 38.2 Å². The number of Topliss-reactive ketones (excluding diaryl/α,β-unsaturated/α-hetero) is 1. The molecule has 1 fully saturated rings.